The number of rotatable bonds is 10. The van der Waals surface area contributed by atoms with Crippen LogP contribution in [0.4, 0.5) is 0 Å². The molecule has 2 saturated heterocycles. The average Bonchev–Trinajstić information content (AvgIpc) is 3.76. The molecule has 15 nitrogen and oxygen atoms in total. The molecule has 0 amide bonds. The molecule has 0 radical (unpaired) electrons. The van der Waals surface area contributed by atoms with Gasteiger partial charge in [0.1, 0.15) is 17.8 Å². The highest BCUT2D eigenvalue weighted by Crippen LogP contribution is 2.63. The molecular formula is C34H46O15. The third-order valence-electron chi connectivity index (χ3n) is 9.82. The van der Waals surface area contributed by atoms with Crippen molar-refractivity contribution in [3.63, 3.8) is 0 Å². The minimum Gasteiger partial charge on any atom is -0.459 e. The average molecular weight is 695 g/mol. The Bertz CT molecular complexity index is 1400. The van der Waals surface area contributed by atoms with E-state index in [4.69, 9.17) is 37.9 Å². The van der Waals surface area contributed by atoms with Gasteiger partial charge in [-0.05, 0) is 31.1 Å². The minimum absolute atomic E-state index is 0.0203. The lowest BCUT2D eigenvalue weighted by molar-refractivity contribution is -0.279. The van der Waals surface area contributed by atoms with E-state index in [2.05, 4.69) is 0 Å². The number of carbonyl (C=O) groups excluding carboxylic acids is 6. The summed E-state index contributed by atoms with van der Waals surface area (Å²) in [4.78, 5) is 77.9. The van der Waals surface area contributed by atoms with Gasteiger partial charge >= 0.3 is 35.8 Å². The zero-order valence-corrected chi connectivity index (χ0v) is 29.0. The SMILES string of the molecule is CCCCC(=O)O[C@H]1[C@@H](OC(C)=O)[C@]2(CO2)[C@@H]2[C@H](OC(C)=O)[C@@]3(O)[C@H](/C=C(COC)\C=C/[C@H](OC(C)=O)[C@@]2(C)[C@H]1OC(C)=O)OC(=O)[C@@H]3C. The number of hydrogen-bond acceptors (Lipinski definition) is 15. The Morgan fingerprint density at radius 2 is 1.49 bits per heavy atom. The summed E-state index contributed by atoms with van der Waals surface area (Å²) in [6.45, 7) is 9.08. The van der Waals surface area contributed by atoms with Crippen LogP contribution in [0.25, 0.3) is 0 Å². The fourth-order valence-corrected chi connectivity index (χ4v) is 7.61. The van der Waals surface area contributed by atoms with Gasteiger partial charge in [-0.25, -0.2) is 0 Å². The van der Waals surface area contributed by atoms with E-state index in [-0.39, 0.29) is 19.6 Å². The number of fused-ring (bicyclic) bond motifs is 3. The van der Waals surface area contributed by atoms with E-state index in [0.717, 1.165) is 27.7 Å². The highest BCUT2D eigenvalue weighted by atomic mass is 16.7. The van der Waals surface area contributed by atoms with Crippen molar-refractivity contribution in [1.29, 1.82) is 0 Å². The molecule has 2 aliphatic carbocycles. The van der Waals surface area contributed by atoms with Crippen LogP contribution in [0.1, 0.15) is 67.7 Å². The van der Waals surface area contributed by atoms with Gasteiger partial charge in [-0.1, -0.05) is 26.3 Å². The van der Waals surface area contributed by atoms with E-state index in [0.29, 0.717) is 18.4 Å². The highest BCUT2D eigenvalue weighted by Gasteiger charge is 2.81. The number of hydrogen-bond donors (Lipinski definition) is 1. The fraction of sp³-hybridized carbons (Fsp3) is 0.706. The summed E-state index contributed by atoms with van der Waals surface area (Å²) in [6.07, 6.45) is -3.56. The molecule has 1 N–H and O–H groups in total. The summed E-state index contributed by atoms with van der Waals surface area (Å²) in [7, 11) is 1.42. The Hall–Kier alpha value is -3.82. The minimum atomic E-state index is -2.33. The molecule has 1 saturated carbocycles. The molecule has 0 unspecified atom stereocenters. The van der Waals surface area contributed by atoms with Gasteiger partial charge in [-0.3, -0.25) is 28.8 Å². The molecule has 4 aliphatic rings. The lowest BCUT2D eigenvalue weighted by Crippen LogP contribution is -2.76. The number of unbranched alkanes of at least 4 members (excludes halogenated alkanes) is 1. The van der Waals surface area contributed by atoms with Crippen LogP contribution in [0.15, 0.2) is 23.8 Å². The molecule has 0 aromatic heterocycles. The van der Waals surface area contributed by atoms with Crippen LogP contribution in [-0.2, 0) is 66.7 Å². The van der Waals surface area contributed by atoms with Crippen molar-refractivity contribution in [2.75, 3.05) is 20.3 Å². The normalized spacial score (nSPS) is 39.5. The van der Waals surface area contributed by atoms with E-state index in [1.165, 1.54) is 32.3 Å². The molecule has 0 aromatic rings. The first-order valence-corrected chi connectivity index (χ1v) is 16.3. The van der Waals surface area contributed by atoms with Gasteiger partial charge in [0.2, 0.25) is 0 Å². The van der Waals surface area contributed by atoms with Gasteiger partial charge in [0.05, 0.1) is 24.5 Å². The zero-order chi connectivity index (χ0) is 36.5. The quantitative estimate of drug-likeness (QED) is 0.196. The third kappa shape index (κ3) is 7.11. The first-order valence-electron chi connectivity index (χ1n) is 16.3. The number of carbonyl (C=O) groups is 6. The maximum absolute atomic E-state index is 13.3. The van der Waals surface area contributed by atoms with E-state index in [1.54, 1.807) is 6.92 Å². The molecule has 272 valence electrons. The predicted molar refractivity (Wildman–Crippen MR) is 165 cm³/mol. The number of ether oxygens (including phenoxy) is 8. The summed E-state index contributed by atoms with van der Waals surface area (Å²) in [5.74, 6) is -7.50. The standard InChI is InChI=1S/C34H46O15/c1-9-10-11-25(39)49-26-28(45-19(4)36)32(7)23(44-18(3)35)13-12-22(15-42-8)14-24-34(41,17(2)31(40)48-24)30(47-21(6)38)27(32)33(16-43-33)29(26)46-20(5)37/h12-14,17,23-24,26-30,41H,9-11,15-16H2,1-8H3/b13-12-,22-14+/t17-,23-,24-,26+,27+,28-,29+,30-,32+,33-,34-/m0/s1. The summed E-state index contributed by atoms with van der Waals surface area (Å²) in [5, 5.41) is 12.8. The van der Waals surface area contributed by atoms with Crippen molar-refractivity contribution >= 4 is 35.8 Å². The van der Waals surface area contributed by atoms with Crippen LogP contribution in [0, 0.1) is 17.3 Å². The Balaban J connectivity index is 2.14. The second kappa shape index (κ2) is 14.6. The molecule has 11 atom stereocenters. The summed E-state index contributed by atoms with van der Waals surface area (Å²) < 4.78 is 46.9. The van der Waals surface area contributed by atoms with Crippen molar-refractivity contribution in [1.82, 2.24) is 0 Å². The van der Waals surface area contributed by atoms with Crippen LogP contribution < -0.4 is 0 Å². The topological polar surface area (TPSA) is 200 Å². The van der Waals surface area contributed by atoms with Gasteiger partial charge in [-0.15, -0.1) is 0 Å². The smallest absolute Gasteiger partial charge is 0.312 e. The predicted octanol–water partition coefficient (Wildman–Crippen LogP) is 1.66. The van der Waals surface area contributed by atoms with Crippen LogP contribution in [0.3, 0.4) is 0 Å². The van der Waals surface area contributed by atoms with E-state index in [9.17, 15) is 33.9 Å². The Morgan fingerprint density at radius 1 is 0.918 bits per heavy atom. The van der Waals surface area contributed by atoms with Crippen LogP contribution in [0.2, 0.25) is 0 Å². The molecule has 15 heteroatoms. The van der Waals surface area contributed by atoms with Crippen LogP contribution >= 0.6 is 0 Å². The third-order valence-corrected chi connectivity index (χ3v) is 9.82. The van der Waals surface area contributed by atoms with E-state index < -0.39 is 101 Å². The molecule has 0 aromatic carbocycles. The second-order valence-electron chi connectivity index (χ2n) is 13.3. The first kappa shape index (κ1) is 38.0. The monoisotopic (exact) mass is 694 g/mol. The molecule has 0 bridgehead atoms. The summed E-state index contributed by atoms with van der Waals surface area (Å²) >= 11 is 0. The van der Waals surface area contributed by atoms with Gasteiger partial charge < -0.3 is 43.0 Å². The number of epoxide rings is 1. The van der Waals surface area contributed by atoms with Gasteiger partial charge in [0, 0.05) is 47.1 Å². The Kier molecular flexibility index (Phi) is 11.3. The van der Waals surface area contributed by atoms with E-state index in [1.807, 2.05) is 6.92 Å². The number of methoxy groups -OCH3 is 1. The van der Waals surface area contributed by atoms with Gasteiger partial charge in [0.25, 0.3) is 0 Å². The zero-order valence-electron chi connectivity index (χ0n) is 29.0. The second-order valence-corrected chi connectivity index (χ2v) is 13.3. The molecule has 49 heavy (non-hydrogen) atoms. The Labute approximate surface area is 284 Å². The van der Waals surface area contributed by atoms with Crippen molar-refractivity contribution < 1.29 is 71.8 Å². The largest absolute Gasteiger partial charge is 0.459 e. The van der Waals surface area contributed by atoms with Crippen molar-refractivity contribution in [2.45, 2.75) is 116 Å². The molecular weight excluding hydrogens is 648 g/mol. The van der Waals surface area contributed by atoms with Crippen LogP contribution in [-0.4, -0.2) is 109 Å². The number of esters is 6. The molecule has 2 heterocycles. The van der Waals surface area contributed by atoms with Crippen molar-refractivity contribution in [3.8, 4) is 0 Å². The van der Waals surface area contributed by atoms with Gasteiger partial charge in [-0.2, -0.15) is 0 Å². The number of aliphatic hydroxyl groups is 1. The highest BCUT2D eigenvalue weighted by molar-refractivity contribution is 5.78. The van der Waals surface area contributed by atoms with Gasteiger partial charge in [0.15, 0.2) is 30.0 Å². The Morgan fingerprint density at radius 3 is 2.02 bits per heavy atom. The fourth-order valence-electron chi connectivity index (χ4n) is 7.61. The maximum atomic E-state index is 13.3. The summed E-state index contributed by atoms with van der Waals surface area (Å²) in [5.41, 5.74) is -5.46. The van der Waals surface area contributed by atoms with E-state index >= 15 is 0 Å². The lowest BCUT2D eigenvalue weighted by atomic mass is 9.51. The molecule has 4 rings (SSSR count). The van der Waals surface area contributed by atoms with Crippen molar-refractivity contribution in [3.05, 3.63) is 23.8 Å². The molecule has 3 fully saturated rings. The lowest BCUT2D eigenvalue weighted by Gasteiger charge is -2.59. The van der Waals surface area contributed by atoms with Crippen molar-refractivity contribution in [2.24, 2.45) is 17.3 Å². The first-order chi connectivity index (χ1) is 23.0. The maximum Gasteiger partial charge on any atom is 0.312 e. The summed E-state index contributed by atoms with van der Waals surface area (Å²) in [6, 6.07) is 0. The molecule has 2 aliphatic heterocycles. The van der Waals surface area contributed by atoms with Crippen LogP contribution in [0.5, 0.6) is 0 Å². The molecule has 1 spiro atoms.